The minimum atomic E-state index is -0.711. The number of allylic oxidation sites excluding steroid dienone is 4. The van der Waals surface area contributed by atoms with E-state index in [0.717, 1.165) is 57.8 Å². The number of carboxylic acid groups (broad SMARTS) is 2. The fraction of sp³-hybridized carbons (Fsp3) is 0.769. The van der Waals surface area contributed by atoms with Crippen LogP contribution in [-0.4, -0.2) is 22.2 Å². The Morgan fingerprint density at radius 2 is 1.50 bits per heavy atom. The minimum absolute atomic E-state index is 0.135. The Labute approximate surface area is 183 Å². The number of carboxylic acids is 2. The second-order valence-electron chi connectivity index (χ2n) is 8.95. The number of hydrogen-bond acceptors (Lipinski definition) is 2. The van der Waals surface area contributed by atoms with Gasteiger partial charge in [-0.05, 0) is 62.2 Å². The summed E-state index contributed by atoms with van der Waals surface area (Å²) in [5.41, 5.74) is 0. The van der Waals surface area contributed by atoms with Gasteiger partial charge in [-0.2, -0.15) is 0 Å². The third-order valence-corrected chi connectivity index (χ3v) is 6.61. The monoisotopic (exact) mass is 420 g/mol. The Kier molecular flexibility index (Phi) is 14.2. The van der Waals surface area contributed by atoms with Crippen molar-refractivity contribution in [3.63, 3.8) is 0 Å². The van der Waals surface area contributed by atoms with Crippen LogP contribution < -0.4 is 0 Å². The van der Waals surface area contributed by atoms with E-state index in [2.05, 4.69) is 38.2 Å². The van der Waals surface area contributed by atoms with Gasteiger partial charge in [0, 0.05) is 6.42 Å². The Morgan fingerprint density at radius 1 is 0.800 bits per heavy atom. The van der Waals surface area contributed by atoms with Gasteiger partial charge < -0.3 is 10.2 Å². The first-order valence-corrected chi connectivity index (χ1v) is 12.3. The lowest BCUT2D eigenvalue weighted by Gasteiger charge is -2.39. The molecule has 1 rings (SSSR count). The quantitative estimate of drug-likeness (QED) is 0.192. The summed E-state index contributed by atoms with van der Waals surface area (Å²) < 4.78 is 0. The molecule has 0 bridgehead atoms. The molecule has 0 radical (unpaired) electrons. The van der Waals surface area contributed by atoms with Crippen LogP contribution in [0, 0.1) is 23.7 Å². The highest BCUT2D eigenvalue weighted by Crippen LogP contribution is 2.42. The van der Waals surface area contributed by atoms with Crippen LogP contribution in [0.1, 0.15) is 104 Å². The molecule has 2 N–H and O–H groups in total. The molecular formula is C26H44O4. The largest absolute Gasteiger partial charge is 0.481 e. The molecule has 4 unspecified atom stereocenters. The van der Waals surface area contributed by atoms with Crippen molar-refractivity contribution in [2.75, 3.05) is 0 Å². The molecule has 0 saturated carbocycles. The lowest BCUT2D eigenvalue weighted by Crippen LogP contribution is -2.32. The zero-order valence-corrected chi connectivity index (χ0v) is 19.2. The number of aliphatic carboxylic acids is 2. The maximum Gasteiger partial charge on any atom is 0.303 e. The lowest BCUT2D eigenvalue weighted by atomic mass is 9.65. The summed E-state index contributed by atoms with van der Waals surface area (Å²) in [5, 5.41) is 18.1. The summed E-state index contributed by atoms with van der Waals surface area (Å²) in [7, 11) is 0. The summed E-state index contributed by atoms with van der Waals surface area (Å²) in [6.45, 7) is 4.47. The standard InChI is InChI=1S/C26H44O4/c1-3-5-6-7-9-12-15-23-21(4-2)18-19-22(20-26(29)30)24(23)16-13-10-8-11-14-17-25(27)28/h9,12,18-19,21-24H,3-8,10-11,13-17,20H2,1-2H3,(H,27,28)(H,29,30)/b12-9+. The molecular weight excluding hydrogens is 376 g/mol. The number of carbonyl (C=O) groups is 2. The molecule has 0 aromatic rings. The number of rotatable bonds is 17. The van der Waals surface area contributed by atoms with Crippen molar-refractivity contribution in [1.29, 1.82) is 0 Å². The third-order valence-electron chi connectivity index (χ3n) is 6.61. The van der Waals surface area contributed by atoms with E-state index in [1.54, 1.807) is 0 Å². The topological polar surface area (TPSA) is 74.6 Å². The molecule has 0 amide bonds. The molecule has 0 aliphatic heterocycles. The van der Waals surface area contributed by atoms with Gasteiger partial charge in [0.05, 0.1) is 6.42 Å². The first-order chi connectivity index (χ1) is 14.5. The zero-order chi connectivity index (χ0) is 22.2. The van der Waals surface area contributed by atoms with Crippen molar-refractivity contribution in [1.82, 2.24) is 0 Å². The highest BCUT2D eigenvalue weighted by molar-refractivity contribution is 5.67. The van der Waals surface area contributed by atoms with Crippen LogP contribution in [0.3, 0.4) is 0 Å². The van der Waals surface area contributed by atoms with Crippen LogP contribution >= 0.6 is 0 Å². The molecule has 4 nitrogen and oxygen atoms in total. The Morgan fingerprint density at radius 3 is 2.17 bits per heavy atom. The average Bonchev–Trinajstić information content (AvgIpc) is 2.70. The Hall–Kier alpha value is -1.58. The maximum absolute atomic E-state index is 11.4. The molecule has 30 heavy (non-hydrogen) atoms. The number of unbranched alkanes of at least 4 members (excludes halogenated alkanes) is 7. The van der Waals surface area contributed by atoms with Gasteiger partial charge in [-0.3, -0.25) is 9.59 Å². The van der Waals surface area contributed by atoms with Gasteiger partial charge >= 0.3 is 11.9 Å². The summed E-state index contributed by atoms with van der Waals surface area (Å²) in [4.78, 5) is 22.1. The fourth-order valence-electron chi connectivity index (χ4n) is 4.91. The van der Waals surface area contributed by atoms with E-state index in [0.29, 0.717) is 17.8 Å². The smallest absolute Gasteiger partial charge is 0.303 e. The average molecular weight is 421 g/mol. The van der Waals surface area contributed by atoms with E-state index in [4.69, 9.17) is 5.11 Å². The predicted octanol–water partition coefficient (Wildman–Crippen LogP) is 7.25. The van der Waals surface area contributed by atoms with Gasteiger partial charge in [0.2, 0.25) is 0 Å². The van der Waals surface area contributed by atoms with E-state index in [1.807, 2.05) is 0 Å². The second kappa shape index (κ2) is 16.2. The van der Waals surface area contributed by atoms with E-state index >= 15 is 0 Å². The first-order valence-electron chi connectivity index (χ1n) is 12.3. The normalized spacial score (nSPS) is 23.8. The molecule has 0 aromatic carbocycles. The third kappa shape index (κ3) is 11.0. The van der Waals surface area contributed by atoms with Crippen molar-refractivity contribution in [3.05, 3.63) is 24.3 Å². The Balaban J connectivity index is 2.64. The molecule has 0 spiro atoms. The maximum atomic E-state index is 11.4. The van der Waals surface area contributed by atoms with E-state index in [9.17, 15) is 14.7 Å². The molecule has 4 heteroatoms. The van der Waals surface area contributed by atoms with Gasteiger partial charge in [0.25, 0.3) is 0 Å². The van der Waals surface area contributed by atoms with E-state index in [1.165, 1.54) is 19.3 Å². The summed E-state index contributed by atoms with van der Waals surface area (Å²) >= 11 is 0. The zero-order valence-electron chi connectivity index (χ0n) is 19.2. The van der Waals surface area contributed by atoms with Gasteiger partial charge in [0.1, 0.15) is 0 Å². The molecule has 1 aliphatic rings. The van der Waals surface area contributed by atoms with Crippen molar-refractivity contribution in [2.24, 2.45) is 23.7 Å². The fourth-order valence-corrected chi connectivity index (χ4v) is 4.91. The highest BCUT2D eigenvalue weighted by atomic mass is 16.4. The van der Waals surface area contributed by atoms with Crippen LogP contribution in [0.2, 0.25) is 0 Å². The van der Waals surface area contributed by atoms with Crippen molar-refractivity contribution >= 4 is 11.9 Å². The molecule has 0 fully saturated rings. The van der Waals surface area contributed by atoms with Gasteiger partial charge in [0.15, 0.2) is 0 Å². The molecule has 4 atom stereocenters. The Bertz CT molecular complexity index is 537. The molecule has 0 aromatic heterocycles. The van der Waals surface area contributed by atoms with Gasteiger partial charge in [-0.15, -0.1) is 0 Å². The van der Waals surface area contributed by atoms with Gasteiger partial charge in [-0.25, -0.2) is 0 Å². The van der Waals surface area contributed by atoms with E-state index in [-0.39, 0.29) is 18.8 Å². The predicted molar refractivity (Wildman–Crippen MR) is 123 cm³/mol. The van der Waals surface area contributed by atoms with E-state index < -0.39 is 11.9 Å². The van der Waals surface area contributed by atoms with Crippen LogP contribution in [-0.2, 0) is 9.59 Å². The molecule has 0 heterocycles. The summed E-state index contributed by atoms with van der Waals surface area (Å²) in [6.07, 6.45) is 22.8. The molecule has 0 saturated heterocycles. The van der Waals surface area contributed by atoms with Crippen LogP contribution in [0.5, 0.6) is 0 Å². The van der Waals surface area contributed by atoms with Gasteiger partial charge in [-0.1, -0.05) is 76.7 Å². The summed E-state index contributed by atoms with van der Waals surface area (Å²) in [5.74, 6) is 0.213. The van der Waals surface area contributed by atoms with Crippen molar-refractivity contribution in [2.45, 2.75) is 104 Å². The van der Waals surface area contributed by atoms with Crippen LogP contribution in [0.25, 0.3) is 0 Å². The van der Waals surface area contributed by atoms with Crippen LogP contribution in [0.15, 0.2) is 24.3 Å². The second-order valence-corrected chi connectivity index (χ2v) is 8.95. The molecule has 1 aliphatic carbocycles. The summed E-state index contributed by atoms with van der Waals surface area (Å²) in [6, 6.07) is 0. The lowest BCUT2D eigenvalue weighted by molar-refractivity contribution is -0.139. The first kappa shape index (κ1) is 26.5. The SMILES string of the molecule is CCCCC/C=C/CC1C(CC)C=CC(CC(=O)O)C1CCCCCCCC(=O)O. The highest BCUT2D eigenvalue weighted by Gasteiger charge is 2.35. The van der Waals surface area contributed by atoms with Crippen LogP contribution in [0.4, 0.5) is 0 Å². The minimum Gasteiger partial charge on any atom is -0.481 e. The van der Waals surface area contributed by atoms with Crippen molar-refractivity contribution < 1.29 is 19.8 Å². The van der Waals surface area contributed by atoms with Crippen molar-refractivity contribution in [3.8, 4) is 0 Å². The number of hydrogen-bond donors (Lipinski definition) is 2. The molecule has 172 valence electrons.